The van der Waals surface area contributed by atoms with Gasteiger partial charge in [-0.25, -0.2) is 4.98 Å². The number of fused-ring (bicyclic) bond motifs is 2. The molecular weight excluding hydrogens is 358 g/mol. The molecule has 0 saturated heterocycles. The summed E-state index contributed by atoms with van der Waals surface area (Å²) in [6.07, 6.45) is 1.67. The Hall–Kier alpha value is -3.12. The predicted molar refractivity (Wildman–Crippen MR) is 106 cm³/mol. The van der Waals surface area contributed by atoms with Crippen molar-refractivity contribution in [3.63, 3.8) is 0 Å². The average molecular weight is 375 g/mol. The number of rotatable bonds is 3. The van der Waals surface area contributed by atoms with Gasteiger partial charge in [-0.3, -0.25) is 14.5 Å². The van der Waals surface area contributed by atoms with E-state index in [-0.39, 0.29) is 18.4 Å². The van der Waals surface area contributed by atoms with Crippen molar-refractivity contribution >= 4 is 35.0 Å². The molecule has 0 radical (unpaired) electrons. The van der Waals surface area contributed by atoms with Crippen LogP contribution in [0.2, 0.25) is 0 Å². The van der Waals surface area contributed by atoms with Gasteiger partial charge >= 0.3 is 0 Å². The van der Waals surface area contributed by atoms with Gasteiger partial charge in [0, 0.05) is 16.8 Å². The fourth-order valence-corrected chi connectivity index (χ4v) is 4.00. The third-order valence-corrected chi connectivity index (χ3v) is 5.30. The number of carbonyl (C=O) groups is 2. The minimum absolute atomic E-state index is 0.0708. The maximum Gasteiger partial charge on any atom is 0.261 e. The summed E-state index contributed by atoms with van der Waals surface area (Å²) in [5, 5.41) is 3.52. The molecule has 0 unspecified atom stereocenters. The van der Waals surface area contributed by atoms with Crippen LogP contribution in [0, 0.1) is 6.92 Å². The topological polar surface area (TPSA) is 62.3 Å². The highest BCUT2D eigenvalue weighted by molar-refractivity contribution is 7.99. The molecule has 6 heteroatoms. The zero-order valence-electron chi connectivity index (χ0n) is 14.7. The molecular formula is C21H17N3O2S. The van der Waals surface area contributed by atoms with Crippen molar-refractivity contribution in [1.29, 1.82) is 0 Å². The highest BCUT2D eigenvalue weighted by Crippen LogP contribution is 2.39. The van der Waals surface area contributed by atoms with Crippen molar-refractivity contribution < 1.29 is 9.59 Å². The molecule has 5 nitrogen and oxygen atoms in total. The zero-order chi connectivity index (χ0) is 18.8. The Morgan fingerprint density at radius 2 is 1.96 bits per heavy atom. The normalized spacial score (nSPS) is 12.8. The predicted octanol–water partition coefficient (Wildman–Crippen LogP) is 4.14. The van der Waals surface area contributed by atoms with Crippen molar-refractivity contribution in [2.45, 2.75) is 16.8 Å². The van der Waals surface area contributed by atoms with Gasteiger partial charge in [0.25, 0.3) is 5.91 Å². The molecule has 0 saturated carbocycles. The van der Waals surface area contributed by atoms with Crippen LogP contribution in [0.1, 0.15) is 15.9 Å². The highest BCUT2D eigenvalue weighted by Gasteiger charge is 2.29. The molecule has 27 heavy (non-hydrogen) atoms. The van der Waals surface area contributed by atoms with Gasteiger partial charge in [0.1, 0.15) is 11.6 Å². The van der Waals surface area contributed by atoms with Crippen LogP contribution < -0.4 is 10.2 Å². The van der Waals surface area contributed by atoms with Crippen LogP contribution in [-0.4, -0.2) is 23.3 Å². The zero-order valence-corrected chi connectivity index (χ0v) is 15.5. The van der Waals surface area contributed by atoms with Crippen LogP contribution >= 0.6 is 11.8 Å². The summed E-state index contributed by atoms with van der Waals surface area (Å²) in [4.78, 5) is 32.5. The average Bonchev–Trinajstić information content (AvgIpc) is 2.77. The highest BCUT2D eigenvalue weighted by atomic mass is 32.2. The first-order chi connectivity index (χ1) is 13.1. The molecule has 2 heterocycles. The lowest BCUT2D eigenvalue weighted by Gasteiger charge is -2.22. The van der Waals surface area contributed by atoms with Crippen LogP contribution in [0.3, 0.4) is 0 Å². The van der Waals surface area contributed by atoms with Gasteiger partial charge in [-0.2, -0.15) is 0 Å². The lowest BCUT2D eigenvalue weighted by molar-refractivity contribution is -0.114. The van der Waals surface area contributed by atoms with Crippen molar-refractivity contribution in [3.05, 3.63) is 78.0 Å². The number of anilines is 2. The number of aryl methyl sites for hydroxylation is 1. The van der Waals surface area contributed by atoms with Crippen LogP contribution in [0.4, 0.5) is 11.4 Å². The number of nitrogens with one attached hydrogen (secondary N) is 1. The molecule has 3 aromatic rings. The summed E-state index contributed by atoms with van der Waals surface area (Å²) >= 11 is 1.44. The number of hydrogen-bond donors (Lipinski definition) is 1. The molecule has 134 valence electrons. The molecule has 1 aromatic heterocycles. The summed E-state index contributed by atoms with van der Waals surface area (Å²) in [5.74, 6) is -0.476. The number of hydrogen-bond acceptors (Lipinski definition) is 4. The summed E-state index contributed by atoms with van der Waals surface area (Å²) in [6, 6.07) is 18.6. The van der Waals surface area contributed by atoms with E-state index in [2.05, 4.69) is 10.3 Å². The van der Waals surface area contributed by atoms with Crippen LogP contribution in [0.5, 0.6) is 0 Å². The van der Waals surface area contributed by atoms with Crippen molar-refractivity contribution in [1.82, 2.24) is 4.98 Å². The van der Waals surface area contributed by atoms with Gasteiger partial charge < -0.3 is 5.32 Å². The Morgan fingerprint density at radius 1 is 1.11 bits per heavy atom. The first kappa shape index (κ1) is 17.3. The van der Waals surface area contributed by atoms with Gasteiger partial charge in [0.15, 0.2) is 0 Å². The third-order valence-electron chi connectivity index (χ3n) is 4.21. The quantitative estimate of drug-likeness (QED) is 0.747. The maximum atomic E-state index is 13.1. The van der Waals surface area contributed by atoms with E-state index in [9.17, 15) is 9.59 Å². The first-order valence-electron chi connectivity index (χ1n) is 8.52. The molecule has 1 aliphatic heterocycles. The van der Waals surface area contributed by atoms with Crippen molar-refractivity contribution in [2.75, 3.05) is 16.8 Å². The number of nitrogens with zero attached hydrogens (tertiary/aromatic N) is 2. The van der Waals surface area contributed by atoms with Gasteiger partial charge in [-0.15, -0.1) is 0 Å². The molecule has 0 bridgehead atoms. The lowest BCUT2D eigenvalue weighted by atomic mass is 10.2. The number of pyridine rings is 1. The van der Waals surface area contributed by atoms with Gasteiger partial charge in [-0.05, 0) is 48.9 Å². The van der Waals surface area contributed by atoms with Crippen LogP contribution in [0.15, 0.2) is 76.8 Å². The molecule has 2 amide bonds. The second-order valence-electron chi connectivity index (χ2n) is 6.23. The van der Waals surface area contributed by atoms with E-state index in [1.165, 1.54) is 16.7 Å². The van der Waals surface area contributed by atoms with E-state index < -0.39 is 0 Å². The molecule has 2 aromatic carbocycles. The number of benzene rings is 2. The Bertz CT molecular complexity index is 1040. The summed E-state index contributed by atoms with van der Waals surface area (Å²) in [7, 11) is 0. The van der Waals surface area contributed by atoms with Gasteiger partial charge in [-0.1, -0.05) is 36.0 Å². The van der Waals surface area contributed by atoms with E-state index in [0.29, 0.717) is 22.0 Å². The second-order valence-corrected chi connectivity index (χ2v) is 7.27. The minimum atomic E-state index is -0.249. The number of carbonyl (C=O) groups excluding carboxylic acids is 2. The molecule has 0 spiro atoms. The summed E-state index contributed by atoms with van der Waals surface area (Å²) in [5.41, 5.74) is 2.99. The minimum Gasteiger partial charge on any atom is -0.325 e. The fraction of sp³-hybridized carbons (Fsp3) is 0.0952. The van der Waals surface area contributed by atoms with Crippen LogP contribution in [-0.2, 0) is 4.79 Å². The molecule has 1 aliphatic rings. The standard InChI is InChI=1S/C21H17N3O2S/c1-14-6-4-7-15(12-14)23-19(25)13-24-17-9-2-3-10-18(17)27-20-16(21(24)26)8-5-11-22-20/h2-12H,13H2,1H3,(H,23,25). The summed E-state index contributed by atoms with van der Waals surface area (Å²) < 4.78 is 0. The van der Waals surface area contributed by atoms with Crippen molar-refractivity contribution in [3.8, 4) is 0 Å². The van der Waals surface area contributed by atoms with E-state index >= 15 is 0 Å². The number of amides is 2. The molecule has 0 aliphatic carbocycles. The SMILES string of the molecule is Cc1cccc(NC(=O)CN2C(=O)c3cccnc3Sc3ccccc32)c1. The molecule has 1 N–H and O–H groups in total. The number of para-hydroxylation sites is 1. The van der Waals surface area contributed by atoms with E-state index in [4.69, 9.17) is 0 Å². The van der Waals surface area contributed by atoms with Gasteiger partial charge in [0.2, 0.25) is 5.91 Å². The summed E-state index contributed by atoms with van der Waals surface area (Å²) in [6.45, 7) is 1.89. The van der Waals surface area contributed by atoms with Crippen molar-refractivity contribution in [2.24, 2.45) is 0 Å². The van der Waals surface area contributed by atoms with Gasteiger partial charge in [0.05, 0.1) is 11.3 Å². The Morgan fingerprint density at radius 3 is 2.81 bits per heavy atom. The third kappa shape index (κ3) is 3.57. The fourth-order valence-electron chi connectivity index (χ4n) is 2.98. The number of aromatic nitrogens is 1. The van der Waals surface area contributed by atoms with E-state index in [1.807, 2.05) is 55.5 Å². The maximum absolute atomic E-state index is 13.1. The largest absolute Gasteiger partial charge is 0.325 e. The Kier molecular flexibility index (Phi) is 4.64. The van der Waals surface area contributed by atoms with E-state index in [1.54, 1.807) is 18.3 Å². The Balaban J connectivity index is 1.66. The Labute approximate surface area is 161 Å². The second kappa shape index (κ2) is 7.25. The molecule has 0 atom stereocenters. The smallest absolute Gasteiger partial charge is 0.261 e. The molecule has 4 rings (SSSR count). The first-order valence-corrected chi connectivity index (χ1v) is 9.34. The van der Waals surface area contributed by atoms with E-state index in [0.717, 1.165) is 10.5 Å². The van der Waals surface area contributed by atoms with Crippen LogP contribution in [0.25, 0.3) is 0 Å². The lowest BCUT2D eigenvalue weighted by Crippen LogP contribution is -2.38. The monoisotopic (exact) mass is 375 g/mol. The molecule has 0 fully saturated rings.